The maximum atomic E-state index is 12.3. The molecule has 0 aliphatic heterocycles. The second kappa shape index (κ2) is 10.3. The van der Waals surface area contributed by atoms with Crippen molar-refractivity contribution in [3.05, 3.63) is 23.8 Å². The monoisotopic (exact) mass is 334 g/mol. The summed E-state index contributed by atoms with van der Waals surface area (Å²) in [6.07, 6.45) is 3.50. The molecule has 1 aromatic rings. The van der Waals surface area contributed by atoms with Crippen molar-refractivity contribution in [2.75, 3.05) is 11.9 Å². The van der Waals surface area contributed by atoms with Crippen LogP contribution in [0.4, 0.5) is 5.69 Å². The van der Waals surface area contributed by atoms with E-state index in [9.17, 15) is 4.79 Å². The van der Waals surface area contributed by atoms with Crippen LogP contribution in [-0.4, -0.2) is 18.6 Å². The highest BCUT2D eigenvalue weighted by atomic mass is 16.5. The van der Waals surface area contributed by atoms with Crippen molar-refractivity contribution in [3.63, 3.8) is 0 Å². The lowest BCUT2D eigenvalue weighted by Crippen LogP contribution is -2.25. The maximum Gasteiger partial charge on any atom is 0.227 e. The third-order valence-electron chi connectivity index (χ3n) is 4.23. The molecule has 1 aromatic carbocycles. The molecule has 24 heavy (non-hydrogen) atoms. The Morgan fingerprint density at radius 1 is 1.21 bits per heavy atom. The van der Waals surface area contributed by atoms with Crippen LogP contribution in [0.2, 0.25) is 0 Å². The van der Waals surface area contributed by atoms with Gasteiger partial charge in [0.15, 0.2) is 0 Å². The number of hydrogen-bond acceptors (Lipinski definition) is 3. The van der Waals surface area contributed by atoms with Gasteiger partial charge in [0.2, 0.25) is 5.91 Å². The summed E-state index contributed by atoms with van der Waals surface area (Å²) in [7, 11) is 0. The number of benzene rings is 1. The Hall–Kier alpha value is -1.55. The summed E-state index contributed by atoms with van der Waals surface area (Å²) in [5.41, 5.74) is 8.11. The molecule has 0 aliphatic carbocycles. The van der Waals surface area contributed by atoms with Gasteiger partial charge in [0.05, 0.1) is 12.3 Å². The van der Waals surface area contributed by atoms with Gasteiger partial charge in [-0.2, -0.15) is 0 Å². The Morgan fingerprint density at radius 3 is 2.42 bits per heavy atom. The summed E-state index contributed by atoms with van der Waals surface area (Å²) in [5.74, 6) is 1.42. The van der Waals surface area contributed by atoms with Gasteiger partial charge >= 0.3 is 0 Å². The lowest BCUT2D eigenvalue weighted by atomic mass is 9.97. The van der Waals surface area contributed by atoms with Gasteiger partial charge in [0, 0.05) is 12.0 Å². The van der Waals surface area contributed by atoms with Crippen molar-refractivity contribution in [2.24, 2.45) is 17.6 Å². The Balaban J connectivity index is 2.88. The van der Waals surface area contributed by atoms with Crippen LogP contribution >= 0.6 is 0 Å². The zero-order chi connectivity index (χ0) is 18.1. The number of nitrogens with two attached hydrogens (primary N) is 1. The highest BCUT2D eigenvalue weighted by Crippen LogP contribution is 2.28. The van der Waals surface area contributed by atoms with Crippen LogP contribution in [0.3, 0.4) is 0 Å². The van der Waals surface area contributed by atoms with E-state index < -0.39 is 0 Å². The van der Waals surface area contributed by atoms with E-state index in [1.807, 2.05) is 39.0 Å². The number of rotatable bonds is 10. The van der Waals surface area contributed by atoms with Gasteiger partial charge < -0.3 is 15.8 Å². The number of hydrogen-bond donors (Lipinski definition) is 2. The zero-order valence-electron chi connectivity index (χ0n) is 15.9. The number of carbonyl (C=O) groups is 1. The number of amides is 1. The zero-order valence-corrected chi connectivity index (χ0v) is 15.9. The molecule has 3 N–H and O–H groups in total. The van der Waals surface area contributed by atoms with E-state index in [0.29, 0.717) is 12.5 Å². The molecule has 0 aromatic heterocycles. The average molecular weight is 335 g/mol. The van der Waals surface area contributed by atoms with E-state index in [-0.39, 0.29) is 17.9 Å². The minimum absolute atomic E-state index is 0.0404. The van der Waals surface area contributed by atoms with Gasteiger partial charge in [0.25, 0.3) is 0 Å². The standard InChI is InChI=1S/C20H34N2O2/c1-6-16(7-2)20(23)22-18-10-9-15(13-19(18)24-8-3)12-17(21)11-14(4)5/h9-10,13-14,16-17H,6-8,11-12,21H2,1-5H3,(H,22,23). The van der Waals surface area contributed by atoms with Crippen molar-refractivity contribution in [1.82, 2.24) is 0 Å². The SMILES string of the molecule is CCOc1cc(CC(N)CC(C)C)ccc1NC(=O)C(CC)CC. The topological polar surface area (TPSA) is 64.3 Å². The predicted octanol–water partition coefficient (Wildman–Crippen LogP) is 4.38. The lowest BCUT2D eigenvalue weighted by Gasteiger charge is -2.18. The summed E-state index contributed by atoms with van der Waals surface area (Å²) in [4.78, 5) is 12.3. The number of ether oxygens (including phenoxy) is 1. The maximum absolute atomic E-state index is 12.3. The highest BCUT2D eigenvalue weighted by molar-refractivity contribution is 5.93. The first kappa shape index (κ1) is 20.5. The van der Waals surface area contributed by atoms with Gasteiger partial charge in [-0.15, -0.1) is 0 Å². The van der Waals surface area contributed by atoms with Crippen LogP contribution in [0.1, 0.15) is 59.4 Å². The first-order chi connectivity index (χ1) is 11.4. The summed E-state index contributed by atoms with van der Waals surface area (Å²) in [5, 5.41) is 3.01. The molecule has 1 amide bonds. The normalized spacial score (nSPS) is 12.5. The van der Waals surface area contributed by atoms with Gasteiger partial charge in [-0.1, -0.05) is 33.8 Å². The van der Waals surface area contributed by atoms with Crippen molar-refractivity contribution in [1.29, 1.82) is 0 Å². The third kappa shape index (κ3) is 6.52. The molecule has 0 saturated heterocycles. The van der Waals surface area contributed by atoms with E-state index in [4.69, 9.17) is 10.5 Å². The molecule has 0 bridgehead atoms. The number of nitrogens with one attached hydrogen (secondary N) is 1. The van der Waals surface area contributed by atoms with Crippen molar-refractivity contribution in [3.8, 4) is 5.75 Å². The Kier molecular flexibility index (Phi) is 8.83. The fraction of sp³-hybridized carbons (Fsp3) is 0.650. The third-order valence-corrected chi connectivity index (χ3v) is 4.23. The molecule has 0 saturated carbocycles. The van der Waals surface area contributed by atoms with Crippen LogP contribution in [0.5, 0.6) is 5.75 Å². The molecular formula is C20H34N2O2. The Labute approximate surface area is 147 Å². The van der Waals surface area contributed by atoms with Crippen molar-refractivity contribution < 1.29 is 9.53 Å². The second-order valence-corrected chi connectivity index (χ2v) is 6.86. The molecule has 4 heteroatoms. The molecule has 0 heterocycles. The average Bonchev–Trinajstić information content (AvgIpc) is 2.50. The molecule has 0 fully saturated rings. The van der Waals surface area contributed by atoms with Crippen LogP contribution in [0.25, 0.3) is 0 Å². The summed E-state index contributed by atoms with van der Waals surface area (Å²) in [6.45, 7) is 11.0. The molecule has 0 radical (unpaired) electrons. The largest absolute Gasteiger partial charge is 0.492 e. The van der Waals surface area contributed by atoms with E-state index in [1.54, 1.807) is 0 Å². The molecule has 1 atom stereocenters. The molecule has 0 aliphatic rings. The number of anilines is 1. The van der Waals surface area contributed by atoms with Gasteiger partial charge in [-0.25, -0.2) is 0 Å². The Morgan fingerprint density at radius 2 is 1.88 bits per heavy atom. The van der Waals surface area contributed by atoms with Gasteiger partial charge in [-0.05, 0) is 56.2 Å². The van der Waals surface area contributed by atoms with Crippen molar-refractivity contribution in [2.45, 2.75) is 66.3 Å². The first-order valence-corrected chi connectivity index (χ1v) is 9.23. The van der Waals surface area contributed by atoms with Crippen LogP contribution < -0.4 is 15.8 Å². The lowest BCUT2D eigenvalue weighted by molar-refractivity contribution is -0.120. The highest BCUT2D eigenvalue weighted by Gasteiger charge is 2.17. The van der Waals surface area contributed by atoms with Gasteiger partial charge in [-0.3, -0.25) is 4.79 Å². The van der Waals surface area contributed by atoms with E-state index in [2.05, 4.69) is 19.2 Å². The second-order valence-electron chi connectivity index (χ2n) is 6.86. The van der Waals surface area contributed by atoms with Gasteiger partial charge in [0.1, 0.15) is 5.75 Å². The molecular weight excluding hydrogens is 300 g/mol. The van der Waals surface area contributed by atoms with E-state index in [0.717, 1.165) is 42.7 Å². The van der Waals surface area contributed by atoms with Crippen LogP contribution in [-0.2, 0) is 11.2 Å². The minimum atomic E-state index is 0.0404. The number of carbonyl (C=O) groups excluding carboxylic acids is 1. The first-order valence-electron chi connectivity index (χ1n) is 9.23. The smallest absolute Gasteiger partial charge is 0.227 e. The Bertz CT molecular complexity index is 510. The van der Waals surface area contributed by atoms with Crippen molar-refractivity contribution >= 4 is 11.6 Å². The predicted molar refractivity (Wildman–Crippen MR) is 101 cm³/mol. The minimum Gasteiger partial charge on any atom is -0.492 e. The quantitative estimate of drug-likeness (QED) is 0.667. The van der Waals surface area contributed by atoms with E-state index >= 15 is 0 Å². The summed E-state index contributed by atoms with van der Waals surface area (Å²) < 4.78 is 5.73. The molecule has 4 nitrogen and oxygen atoms in total. The summed E-state index contributed by atoms with van der Waals surface area (Å²) >= 11 is 0. The molecule has 1 rings (SSSR count). The van der Waals surface area contributed by atoms with Crippen LogP contribution in [0.15, 0.2) is 18.2 Å². The summed E-state index contributed by atoms with van der Waals surface area (Å²) in [6, 6.07) is 6.12. The molecule has 0 spiro atoms. The fourth-order valence-corrected chi connectivity index (χ4v) is 2.96. The van der Waals surface area contributed by atoms with Crippen LogP contribution in [0, 0.1) is 11.8 Å². The van der Waals surface area contributed by atoms with E-state index in [1.165, 1.54) is 0 Å². The molecule has 136 valence electrons. The molecule has 1 unspecified atom stereocenters. The fourth-order valence-electron chi connectivity index (χ4n) is 2.96.